The summed E-state index contributed by atoms with van der Waals surface area (Å²) in [5.41, 5.74) is 1.47. The summed E-state index contributed by atoms with van der Waals surface area (Å²) in [6, 6.07) is 5.65. The van der Waals surface area contributed by atoms with Crippen molar-refractivity contribution < 1.29 is 14.2 Å². The first-order chi connectivity index (χ1) is 12.3. The Morgan fingerprint density at radius 2 is 1.92 bits per heavy atom. The van der Waals surface area contributed by atoms with Gasteiger partial charge in [-0.2, -0.15) is 5.10 Å². The Hall–Kier alpha value is -2.41. The molecule has 1 aromatic heterocycles. The molecule has 3 rings (SSSR count). The van der Waals surface area contributed by atoms with Gasteiger partial charge in [-0.25, -0.2) is 4.98 Å². The van der Waals surface area contributed by atoms with Crippen LogP contribution in [0.15, 0.2) is 24.4 Å². The van der Waals surface area contributed by atoms with Crippen LogP contribution in [-0.2, 0) is 4.74 Å². The summed E-state index contributed by atoms with van der Waals surface area (Å²) >= 11 is 0. The monoisotopic (exact) mass is 344 g/mol. The third-order valence-electron chi connectivity index (χ3n) is 4.44. The lowest BCUT2D eigenvalue weighted by Crippen LogP contribution is -2.38. The average Bonchev–Trinajstić information content (AvgIpc) is 2.68. The van der Waals surface area contributed by atoms with Crippen LogP contribution < -0.4 is 14.4 Å². The van der Waals surface area contributed by atoms with E-state index < -0.39 is 0 Å². The fourth-order valence-electron chi connectivity index (χ4n) is 3.27. The molecule has 0 radical (unpaired) electrons. The second kappa shape index (κ2) is 8.11. The van der Waals surface area contributed by atoms with Gasteiger partial charge in [0.1, 0.15) is 17.2 Å². The van der Waals surface area contributed by atoms with E-state index in [1.165, 1.54) is 0 Å². The molecule has 0 amide bonds. The van der Waals surface area contributed by atoms with Crippen molar-refractivity contribution in [3.8, 4) is 22.8 Å². The quantitative estimate of drug-likeness (QED) is 0.797. The first kappa shape index (κ1) is 17.4. The molecule has 1 aliphatic rings. The van der Waals surface area contributed by atoms with Crippen molar-refractivity contribution >= 4 is 5.95 Å². The molecule has 1 saturated heterocycles. The van der Waals surface area contributed by atoms with Crippen LogP contribution in [0.1, 0.15) is 12.8 Å². The summed E-state index contributed by atoms with van der Waals surface area (Å²) in [6.07, 6.45) is 3.90. The van der Waals surface area contributed by atoms with E-state index >= 15 is 0 Å². The van der Waals surface area contributed by atoms with Gasteiger partial charge >= 0.3 is 0 Å². The normalized spacial score (nSPS) is 17.4. The lowest BCUT2D eigenvalue weighted by atomic mass is 9.99. The molecule has 0 unspecified atom stereocenters. The van der Waals surface area contributed by atoms with Crippen LogP contribution in [0, 0.1) is 5.92 Å². The fourth-order valence-corrected chi connectivity index (χ4v) is 3.27. The van der Waals surface area contributed by atoms with Gasteiger partial charge in [0, 0.05) is 20.2 Å². The second-order valence-electron chi connectivity index (χ2n) is 6.09. The number of hydrogen-bond acceptors (Lipinski definition) is 7. The molecular formula is C18H24N4O3. The van der Waals surface area contributed by atoms with E-state index in [0.717, 1.165) is 38.1 Å². The maximum absolute atomic E-state index is 5.48. The van der Waals surface area contributed by atoms with Crippen molar-refractivity contribution in [2.75, 3.05) is 45.9 Å². The summed E-state index contributed by atoms with van der Waals surface area (Å²) in [6.45, 7) is 2.56. The average molecular weight is 344 g/mol. The number of ether oxygens (including phenoxy) is 3. The number of hydrogen-bond donors (Lipinski definition) is 0. The molecular weight excluding hydrogens is 320 g/mol. The van der Waals surface area contributed by atoms with Crippen LogP contribution in [0.5, 0.6) is 11.5 Å². The molecule has 0 aliphatic carbocycles. The molecule has 25 heavy (non-hydrogen) atoms. The van der Waals surface area contributed by atoms with Crippen LogP contribution in [0.3, 0.4) is 0 Å². The van der Waals surface area contributed by atoms with Gasteiger partial charge in [0.2, 0.25) is 5.95 Å². The first-order valence-electron chi connectivity index (χ1n) is 8.41. The van der Waals surface area contributed by atoms with Crippen molar-refractivity contribution in [1.82, 2.24) is 15.2 Å². The summed E-state index contributed by atoms with van der Waals surface area (Å²) in [4.78, 5) is 6.90. The zero-order chi connectivity index (χ0) is 17.6. The van der Waals surface area contributed by atoms with Crippen LogP contribution in [-0.4, -0.2) is 56.2 Å². The molecule has 7 nitrogen and oxygen atoms in total. The van der Waals surface area contributed by atoms with E-state index in [-0.39, 0.29) is 0 Å². The number of benzene rings is 1. The minimum atomic E-state index is 0.492. The first-order valence-corrected chi connectivity index (χ1v) is 8.41. The molecule has 1 atom stereocenters. The SMILES string of the molecule is COC[C@@H]1CCCN(c2nncc(-c3c(OC)cccc3OC)n2)C1. The van der Waals surface area contributed by atoms with E-state index in [1.807, 2.05) is 18.2 Å². The number of piperidine rings is 1. The van der Waals surface area contributed by atoms with Crippen LogP contribution in [0.4, 0.5) is 5.95 Å². The van der Waals surface area contributed by atoms with E-state index in [0.29, 0.717) is 29.1 Å². The molecule has 0 N–H and O–H groups in total. The Balaban J connectivity index is 1.92. The molecule has 1 aliphatic heterocycles. The fraction of sp³-hybridized carbons (Fsp3) is 0.500. The van der Waals surface area contributed by atoms with Gasteiger partial charge in [0.15, 0.2) is 0 Å². The van der Waals surface area contributed by atoms with Crippen molar-refractivity contribution in [2.24, 2.45) is 5.92 Å². The highest BCUT2D eigenvalue weighted by Gasteiger charge is 2.23. The largest absolute Gasteiger partial charge is 0.496 e. The smallest absolute Gasteiger partial charge is 0.245 e. The van der Waals surface area contributed by atoms with Gasteiger partial charge in [-0.05, 0) is 30.9 Å². The van der Waals surface area contributed by atoms with Gasteiger partial charge in [-0.15, -0.1) is 5.10 Å². The zero-order valence-electron chi connectivity index (χ0n) is 14.9. The number of rotatable bonds is 6. The highest BCUT2D eigenvalue weighted by atomic mass is 16.5. The number of methoxy groups -OCH3 is 3. The summed E-state index contributed by atoms with van der Waals surface area (Å²) < 4.78 is 16.3. The van der Waals surface area contributed by atoms with Gasteiger partial charge in [0.05, 0.1) is 32.6 Å². The Kier molecular flexibility index (Phi) is 5.65. The minimum absolute atomic E-state index is 0.492. The molecule has 0 saturated carbocycles. The third-order valence-corrected chi connectivity index (χ3v) is 4.44. The number of nitrogens with zero attached hydrogens (tertiary/aromatic N) is 4. The highest BCUT2D eigenvalue weighted by Crippen LogP contribution is 2.37. The molecule has 0 spiro atoms. The lowest BCUT2D eigenvalue weighted by molar-refractivity contribution is 0.143. The van der Waals surface area contributed by atoms with Gasteiger partial charge in [0.25, 0.3) is 0 Å². The maximum atomic E-state index is 5.48. The third kappa shape index (κ3) is 3.82. The van der Waals surface area contributed by atoms with Crippen molar-refractivity contribution in [2.45, 2.75) is 12.8 Å². The van der Waals surface area contributed by atoms with E-state index in [4.69, 9.17) is 19.2 Å². The van der Waals surface area contributed by atoms with Crippen LogP contribution in [0.2, 0.25) is 0 Å². The predicted octanol–water partition coefficient (Wildman–Crippen LogP) is 2.42. The Labute approximate surface area is 147 Å². The highest BCUT2D eigenvalue weighted by molar-refractivity contribution is 5.74. The molecule has 2 aromatic rings. The van der Waals surface area contributed by atoms with Crippen LogP contribution >= 0.6 is 0 Å². The zero-order valence-corrected chi connectivity index (χ0v) is 14.9. The molecule has 1 aromatic carbocycles. The molecule has 7 heteroatoms. The molecule has 134 valence electrons. The number of aromatic nitrogens is 3. The summed E-state index contributed by atoms with van der Waals surface area (Å²) in [5.74, 6) is 2.52. The van der Waals surface area contributed by atoms with Crippen LogP contribution in [0.25, 0.3) is 11.3 Å². The van der Waals surface area contributed by atoms with Gasteiger partial charge < -0.3 is 19.1 Å². The van der Waals surface area contributed by atoms with Gasteiger partial charge in [-0.3, -0.25) is 0 Å². The molecule has 1 fully saturated rings. The van der Waals surface area contributed by atoms with E-state index in [2.05, 4.69) is 15.1 Å². The van der Waals surface area contributed by atoms with E-state index in [9.17, 15) is 0 Å². The van der Waals surface area contributed by atoms with Crippen molar-refractivity contribution in [3.05, 3.63) is 24.4 Å². The van der Waals surface area contributed by atoms with Crippen molar-refractivity contribution in [3.63, 3.8) is 0 Å². The standard InChI is InChI=1S/C18H24N4O3/c1-23-12-13-6-5-9-22(11-13)18-20-14(10-19-21-18)17-15(24-2)7-4-8-16(17)25-3/h4,7-8,10,13H,5-6,9,11-12H2,1-3H3/t13-/m1/s1. The Morgan fingerprint density at radius 3 is 2.60 bits per heavy atom. The topological polar surface area (TPSA) is 69.6 Å². The Bertz CT molecular complexity index is 686. The van der Waals surface area contributed by atoms with Crippen molar-refractivity contribution in [1.29, 1.82) is 0 Å². The van der Waals surface area contributed by atoms with E-state index in [1.54, 1.807) is 27.5 Å². The molecule has 0 bridgehead atoms. The van der Waals surface area contributed by atoms with Gasteiger partial charge in [-0.1, -0.05) is 6.07 Å². The second-order valence-corrected chi connectivity index (χ2v) is 6.09. The number of anilines is 1. The lowest BCUT2D eigenvalue weighted by Gasteiger charge is -2.32. The summed E-state index contributed by atoms with van der Waals surface area (Å²) in [5, 5.41) is 8.40. The molecule has 2 heterocycles. The minimum Gasteiger partial charge on any atom is -0.496 e. The Morgan fingerprint density at radius 1 is 1.16 bits per heavy atom. The maximum Gasteiger partial charge on any atom is 0.245 e. The summed E-state index contributed by atoms with van der Waals surface area (Å²) in [7, 11) is 5.01. The predicted molar refractivity (Wildman–Crippen MR) is 95.2 cm³/mol.